The molecule has 0 aliphatic carbocycles. The number of thiophene rings is 1. The van der Waals surface area contributed by atoms with Crippen LogP contribution in [-0.4, -0.2) is 11.1 Å². The standard InChI is InChI=1S/C12H9BrO3S/c13-9-1-2-11(10(5-9)12(14)15)16-6-8-3-4-17-7-8/h1-5,7H,6H2,(H,14,15). The fraction of sp³-hybridized carbons (Fsp3) is 0.0833. The fourth-order valence-electron chi connectivity index (χ4n) is 1.33. The van der Waals surface area contributed by atoms with Crippen molar-refractivity contribution in [3.8, 4) is 5.75 Å². The highest BCUT2D eigenvalue weighted by Crippen LogP contribution is 2.24. The molecule has 3 nitrogen and oxygen atoms in total. The van der Waals surface area contributed by atoms with E-state index in [0.717, 1.165) is 10.0 Å². The molecule has 1 N–H and O–H groups in total. The third kappa shape index (κ3) is 3.08. The highest BCUT2D eigenvalue weighted by molar-refractivity contribution is 9.10. The van der Waals surface area contributed by atoms with E-state index in [2.05, 4.69) is 15.9 Å². The summed E-state index contributed by atoms with van der Waals surface area (Å²) in [5, 5.41) is 13.0. The average Bonchev–Trinajstić information content (AvgIpc) is 2.80. The molecule has 0 fully saturated rings. The molecule has 17 heavy (non-hydrogen) atoms. The molecule has 0 radical (unpaired) electrons. The van der Waals surface area contributed by atoms with E-state index in [-0.39, 0.29) is 5.56 Å². The Bertz CT molecular complexity index is 523. The summed E-state index contributed by atoms with van der Waals surface area (Å²) in [7, 11) is 0. The van der Waals surface area contributed by atoms with E-state index in [1.54, 1.807) is 23.5 Å². The maximum absolute atomic E-state index is 11.0. The van der Waals surface area contributed by atoms with Crippen molar-refractivity contribution in [2.75, 3.05) is 0 Å². The van der Waals surface area contributed by atoms with Crippen molar-refractivity contribution in [3.63, 3.8) is 0 Å². The Kier molecular flexibility index (Phi) is 3.81. The maximum atomic E-state index is 11.0. The van der Waals surface area contributed by atoms with Crippen LogP contribution >= 0.6 is 27.3 Å². The minimum Gasteiger partial charge on any atom is -0.488 e. The van der Waals surface area contributed by atoms with E-state index in [0.29, 0.717) is 12.4 Å². The van der Waals surface area contributed by atoms with Gasteiger partial charge in [0.25, 0.3) is 0 Å². The molecule has 0 aliphatic rings. The highest BCUT2D eigenvalue weighted by atomic mass is 79.9. The third-order valence-corrected chi connectivity index (χ3v) is 3.37. The van der Waals surface area contributed by atoms with Gasteiger partial charge in [0, 0.05) is 4.47 Å². The maximum Gasteiger partial charge on any atom is 0.339 e. The zero-order valence-corrected chi connectivity index (χ0v) is 11.1. The molecule has 0 bridgehead atoms. The minimum atomic E-state index is -0.994. The summed E-state index contributed by atoms with van der Waals surface area (Å²) in [6.45, 7) is 0.380. The smallest absolute Gasteiger partial charge is 0.339 e. The molecule has 1 aromatic carbocycles. The van der Waals surface area contributed by atoms with Gasteiger partial charge >= 0.3 is 5.97 Å². The predicted octanol–water partition coefficient (Wildman–Crippen LogP) is 3.79. The van der Waals surface area contributed by atoms with E-state index in [9.17, 15) is 4.79 Å². The van der Waals surface area contributed by atoms with Crippen molar-refractivity contribution < 1.29 is 14.6 Å². The fourth-order valence-corrected chi connectivity index (χ4v) is 2.35. The Balaban J connectivity index is 2.17. The number of ether oxygens (including phenoxy) is 1. The molecule has 1 aromatic heterocycles. The van der Waals surface area contributed by atoms with Gasteiger partial charge in [0.2, 0.25) is 0 Å². The quantitative estimate of drug-likeness (QED) is 0.934. The number of carboxylic acid groups (broad SMARTS) is 1. The van der Waals surface area contributed by atoms with Gasteiger partial charge < -0.3 is 9.84 Å². The number of aromatic carboxylic acids is 1. The topological polar surface area (TPSA) is 46.5 Å². The predicted molar refractivity (Wildman–Crippen MR) is 69.8 cm³/mol. The van der Waals surface area contributed by atoms with Crippen LogP contribution < -0.4 is 4.74 Å². The lowest BCUT2D eigenvalue weighted by Crippen LogP contribution is -2.03. The van der Waals surface area contributed by atoms with Crippen LogP contribution in [0.1, 0.15) is 15.9 Å². The van der Waals surface area contributed by atoms with Crippen LogP contribution in [0.2, 0.25) is 0 Å². The number of carbonyl (C=O) groups is 1. The van der Waals surface area contributed by atoms with Gasteiger partial charge in [0.15, 0.2) is 0 Å². The first-order valence-corrected chi connectivity index (χ1v) is 6.57. The summed E-state index contributed by atoms with van der Waals surface area (Å²) in [5.41, 5.74) is 1.20. The Labute approximate surface area is 111 Å². The summed E-state index contributed by atoms with van der Waals surface area (Å²) < 4.78 is 6.22. The first-order valence-electron chi connectivity index (χ1n) is 4.83. The molecule has 0 saturated heterocycles. The van der Waals surface area contributed by atoms with Crippen molar-refractivity contribution >= 4 is 33.2 Å². The molecule has 2 aromatic rings. The SMILES string of the molecule is O=C(O)c1cc(Br)ccc1OCc1ccsc1. The van der Waals surface area contributed by atoms with Crippen LogP contribution in [0.15, 0.2) is 39.5 Å². The number of carboxylic acids is 1. The highest BCUT2D eigenvalue weighted by Gasteiger charge is 2.11. The van der Waals surface area contributed by atoms with Crippen LogP contribution in [0.3, 0.4) is 0 Å². The molecular weight excluding hydrogens is 304 g/mol. The lowest BCUT2D eigenvalue weighted by molar-refractivity contribution is 0.0691. The van der Waals surface area contributed by atoms with E-state index in [4.69, 9.17) is 9.84 Å². The third-order valence-electron chi connectivity index (χ3n) is 2.15. The van der Waals surface area contributed by atoms with Crippen LogP contribution in [0, 0.1) is 0 Å². The number of hydrogen-bond donors (Lipinski definition) is 1. The van der Waals surface area contributed by atoms with E-state index < -0.39 is 5.97 Å². The second-order valence-corrected chi connectivity index (χ2v) is 5.06. The molecule has 1 heterocycles. The van der Waals surface area contributed by atoms with Gasteiger partial charge in [-0.3, -0.25) is 0 Å². The summed E-state index contributed by atoms with van der Waals surface area (Å²) in [5.74, 6) is -0.612. The van der Waals surface area contributed by atoms with Crippen molar-refractivity contribution in [3.05, 3.63) is 50.6 Å². The minimum absolute atomic E-state index is 0.162. The summed E-state index contributed by atoms with van der Waals surface area (Å²) in [6, 6.07) is 6.89. The monoisotopic (exact) mass is 312 g/mol. The molecule has 88 valence electrons. The number of halogens is 1. The molecule has 0 aliphatic heterocycles. The molecule has 0 atom stereocenters. The molecule has 2 rings (SSSR count). The van der Waals surface area contributed by atoms with Crippen LogP contribution in [0.5, 0.6) is 5.75 Å². The summed E-state index contributed by atoms with van der Waals surface area (Å²) in [6.07, 6.45) is 0. The van der Waals surface area contributed by atoms with Gasteiger partial charge in [-0.25, -0.2) is 4.79 Å². The molecule has 0 amide bonds. The second kappa shape index (κ2) is 5.33. The van der Waals surface area contributed by atoms with Gasteiger partial charge in [-0.15, -0.1) is 0 Å². The molecule has 5 heteroatoms. The Morgan fingerprint density at radius 1 is 1.41 bits per heavy atom. The van der Waals surface area contributed by atoms with E-state index >= 15 is 0 Å². The molecular formula is C12H9BrO3S. The number of rotatable bonds is 4. The van der Waals surface area contributed by atoms with Crippen LogP contribution in [0.25, 0.3) is 0 Å². The van der Waals surface area contributed by atoms with Crippen molar-refractivity contribution in [2.24, 2.45) is 0 Å². The van der Waals surface area contributed by atoms with Gasteiger partial charge in [0.1, 0.15) is 17.9 Å². The van der Waals surface area contributed by atoms with Gasteiger partial charge in [0.05, 0.1) is 0 Å². The first-order chi connectivity index (χ1) is 8.16. The van der Waals surface area contributed by atoms with Gasteiger partial charge in [-0.2, -0.15) is 11.3 Å². The lowest BCUT2D eigenvalue weighted by atomic mass is 10.2. The first kappa shape index (κ1) is 12.1. The van der Waals surface area contributed by atoms with Gasteiger partial charge in [-0.1, -0.05) is 15.9 Å². The molecule has 0 saturated carbocycles. The lowest BCUT2D eigenvalue weighted by Gasteiger charge is -2.08. The normalized spacial score (nSPS) is 10.2. The van der Waals surface area contributed by atoms with Crippen LogP contribution in [-0.2, 0) is 6.61 Å². The molecule has 0 unspecified atom stereocenters. The zero-order chi connectivity index (χ0) is 12.3. The number of hydrogen-bond acceptors (Lipinski definition) is 3. The van der Waals surface area contributed by atoms with Crippen molar-refractivity contribution in [1.82, 2.24) is 0 Å². The summed E-state index contributed by atoms with van der Waals surface area (Å²) >= 11 is 4.82. The van der Waals surface area contributed by atoms with Crippen molar-refractivity contribution in [1.29, 1.82) is 0 Å². The second-order valence-electron chi connectivity index (χ2n) is 3.37. The Morgan fingerprint density at radius 2 is 2.24 bits per heavy atom. The summed E-state index contributed by atoms with van der Waals surface area (Å²) in [4.78, 5) is 11.0. The van der Waals surface area contributed by atoms with Crippen molar-refractivity contribution in [2.45, 2.75) is 6.61 Å². The Morgan fingerprint density at radius 3 is 2.88 bits per heavy atom. The zero-order valence-electron chi connectivity index (χ0n) is 8.72. The average molecular weight is 313 g/mol. The van der Waals surface area contributed by atoms with Gasteiger partial charge in [-0.05, 0) is 40.6 Å². The van der Waals surface area contributed by atoms with E-state index in [1.807, 2.05) is 16.8 Å². The number of benzene rings is 1. The molecule has 0 spiro atoms. The Hall–Kier alpha value is -1.33. The largest absolute Gasteiger partial charge is 0.488 e. The van der Waals surface area contributed by atoms with E-state index in [1.165, 1.54) is 6.07 Å². The van der Waals surface area contributed by atoms with Crippen LogP contribution in [0.4, 0.5) is 0 Å².